The van der Waals surface area contributed by atoms with Crippen molar-refractivity contribution >= 4 is 5.91 Å². The Kier molecular flexibility index (Phi) is 4.32. The first-order valence-corrected chi connectivity index (χ1v) is 8.39. The molecule has 2 fully saturated rings. The molecule has 2 saturated carbocycles. The summed E-state index contributed by atoms with van der Waals surface area (Å²) in [4.78, 5) is 12.0. The lowest BCUT2D eigenvalue weighted by Crippen LogP contribution is -2.28. The largest absolute Gasteiger partial charge is 0.356 e. The van der Waals surface area contributed by atoms with Crippen LogP contribution < -0.4 is 5.32 Å². The second-order valence-electron chi connectivity index (χ2n) is 6.99. The van der Waals surface area contributed by atoms with Gasteiger partial charge in [-0.25, -0.2) is 0 Å². The molecule has 4 heteroatoms. The van der Waals surface area contributed by atoms with Crippen LogP contribution in [0.3, 0.4) is 0 Å². The number of hydrogen-bond acceptors (Lipinski definition) is 2. The maximum absolute atomic E-state index is 12.0. The first kappa shape index (κ1) is 14.6. The first-order valence-electron chi connectivity index (χ1n) is 8.39. The van der Waals surface area contributed by atoms with Crippen molar-refractivity contribution < 1.29 is 4.79 Å². The van der Waals surface area contributed by atoms with E-state index in [0.717, 1.165) is 43.5 Å². The van der Waals surface area contributed by atoms with Gasteiger partial charge in [-0.3, -0.25) is 9.48 Å². The molecule has 0 aliphatic heterocycles. The van der Waals surface area contributed by atoms with Crippen molar-refractivity contribution in [2.24, 2.45) is 17.8 Å². The van der Waals surface area contributed by atoms with E-state index in [-0.39, 0.29) is 5.91 Å². The van der Waals surface area contributed by atoms with Crippen molar-refractivity contribution in [2.75, 3.05) is 6.54 Å². The Balaban J connectivity index is 1.34. The van der Waals surface area contributed by atoms with Crippen LogP contribution in [0, 0.1) is 31.6 Å². The Labute approximate surface area is 127 Å². The third kappa shape index (κ3) is 3.47. The van der Waals surface area contributed by atoms with E-state index in [4.69, 9.17) is 0 Å². The number of rotatable bonds is 6. The molecule has 0 aromatic carbocycles. The summed E-state index contributed by atoms with van der Waals surface area (Å²) in [7, 11) is 0. The van der Waals surface area contributed by atoms with Crippen molar-refractivity contribution in [3.05, 3.63) is 17.5 Å². The van der Waals surface area contributed by atoms with Crippen molar-refractivity contribution in [1.82, 2.24) is 15.1 Å². The van der Waals surface area contributed by atoms with Gasteiger partial charge in [0.2, 0.25) is 5.91 Å². The van der Waals surface area contributed by atoms with E-state index in [1.54, 1.807) is 0 Å². The van der Waals surface area contributed by atoms with Gasteiger partial charge in [-0.1, -0.05) is 6.42 Å². The lowest BCUT2D eigenvalue weighted by atomic mass is 9.86. The highest BCUT2D eigenvalue weighted by molar-refractivity contribution is 5.76. The third-order valence-corrected chi connectivity index (χ3v) is 5.30. The molecule has 2 aliphatic rings. The van der Waals surface area contributed by atoms with Gasteiger partial charge in [-0.2, -0.15) is 5.10 Å². The molecular formula is C17H27N3O. The minimum atomic E-state index is 0.251. The predicted molar refractivity (Wildman–Crippen MR) is 82.9 cm³/mol. The smallest absolute Gasteiger partial charge is 0.220 e. The molecule has 3 atom stereocenters. The van der Waals surface area contributed by atoms with Gasteiger partial charge < -0.3 is 5.32 Å². The molecule has 0 radical (unpaired) electrons. The van der Waals surface area contributed by atoms with Gasteiger partial charge in [0.1, 0.15) is 0 Å². The second kappa shape index (κ2) is 6.20. The highest BCUT2D eigenvalue weighted by atomic mass is 16.1. The number of aromatic nitrogens is 2. The van der Waals surface area contributed by atoms with Gasteiger partial charge in [0, 0.05) is 25.2 Å². The van der Waals surface area contributed by atoms with E-state index < -0.39 is 0 Å². The second-order valence-corrected chi connectivity index (χ2v) is 6.99. The Hall–Kier alpha value is -1.32. The van der Waals surface area contributed by atoms with Crippen LogP contribution in [0.5, 0.6) is 0 Å². The van der Waals surface area contributed by atoms with Crippen molar-refractivity contribution in [3.8, 4) is 0 Å². The van der Waals surface area contributed by atoms with Crippen LogP contribution >= 0.6 is 0 Å². The number of amides is 1. The van der Waals surface area contributed by atoms with Crippen LogP contribution in [0.2, 0.25) is 0 Å². The van der Waals surface area contributed by atoms with Crippen molar-refractivity contribution in [2.45, 2.75) is 58.9 Å². The predicted octanol–water partition coefficient (Wildman–Crippen LogP) is 2.83. The van der Waals surface area contributed by atoms with Crippen LogP contribution in [-0.4, -0.2) is 22.2 Å². The molecule has 3 rings (SSSR count). The van der Waals surface area contributed by atoms with Crippen LogP contribution in [0.4, 0.5) is 0 Å². The van der Waals surface area contributed by atoms with Gasteiger partial charge in [-0.15, -0.1) is 0 Å². The molecule has 4 nitrogen and oxygen atoms in total. The minimum absolute atomic E-state index is 0.251. The lowest BCUT2D eigenvalue weighted by Gasteiger charge is -2.20. The molecule has 1 N–H and O–H groups in total. The molecule has 0 spiro atoms. The SMILES string of the molecule is Cc1cc(C)n(CCCNC(=O)C[C@H]2C[C@H]3CC[C@H]2C3)n1. The molecule has 2 aliphatic carbocycles. The summed E-state index contributed by atoms with van der Waals surface area (Å²) < 4.78 is 2.03. The summed E-state index contributed by atoms with van der Waals surface area (Å²) in [6.07, 6.45) is 7.15. The average Bonchev–Trinajstić information content (AvgIpc) is 3.11. The highest BCUT2D eigenvalue weighted by Crippen LogP contribution is 2.49. The monoisotopic (exact) mass is 289 g/mol. The lowest BCUT2D eigenvalue weighted by molar-refractivity contribution is -0.122. The summed E-state index contributed by atoms with van der Waals surface area (Å²) in [6, 6.07) is 2.09. The zero-order chi connectivity index (χ0) is 14.8. The molecule has 0 saturated heterocycles. The molecule has 1 heterocycles. The summed E-state index contributed by atoms with van der Waals surface area (Å²) in [5.74, 6) is 2.69. The van der Waals surface area contributed by atoms with Gasteiger partial charge in [0.25, 0.3) is 0 Å². The topological polar surface area (TPSA) is 46.9 Å². The first-order chi connectivity index (χ1) is 10.1. The quantitative estimate of drug-likeness (QED) is 0.819. The number of carbonyl (C=O) groups excluding carboxylic acids is 1. The van der Waals surface area contributed by atoms with Crippen LogP contribution in [0.1, 0.15) is 49.9 Å². The zero-order valence-corrected chi connectivity index (χ0v) is 13.3. The van der Waals surface area contributed by atoms with E-state index in [2.05, 4.69) is 23.4 Å². The zero-order valence-electron chi connectivity index (χ0n) is 13.3. The number of nitrogens with zero attached hydrogens (tertiary/aromatic N) is 2. The average molecular weight is 289 g/mol. The van der Waals surface area contributed by atoms with Crippen LogP contribution in [0.15, 0.2) is 6.07 Å². The van der Waals surface area contributed by atoms with Crippen molar-refractivity contribution in [3.63, 3.8) is 0 Å². The fraction of sp³-hybridized carbons (Fsp3) is 0.765. The van der Waals surface area contributed by atoms with E-state index in [9.17, 15) is 4.79 Å². The maximum atomic E-state index is 12.0. The Bertz CT molecular complexity index is 508. The standard InChI is InChI=1S/C17H27N3O/c1-12-8-13(2)20(19-12)7-3-6-18-17(21)11-16-10-14-4-5-15(16)9-14/h8,14-16H,3-7,9-11H2,1-2H3,(H,18,21)/t14-,15-,16+/m0/s1. The van der Waals surface area contributed by atoms with Crippen LogP contribution in [0.25, 0.3) is 0 Å². The van der Waals surface area contributed by atoms with Gasteiger partial charge in [0.15, 0.2) is 0 Å². The molecule has 21 heavy (non-hydrogen) atoms. The summed E-state index contributed by atoms with van der Waals surface area (Å²) >= 11 is 0. The molecule has 116 valence electrons. The normalized spacial score (nSPS) is 27.2. The van der Waals surface area contributed by atoms with Gasteiger partial charge in [-0.05, 0) is 63.4 Å². The van der Waals surface area contributed by atoms with E-state index in [0.29, 0.717) is 5.92 Å². The summed E-state index contributed by atoms with van der Waals surface area (Å²) in [5, 5.41) is 7.53. The third-order valence-electron chi connectivity index (χ3n) is 5.30. The van der Waals surface area contributed by atoms with Crippen molar-refractivity contribution in [1.29, 1.82) is 0 Å². The van der Waals surface area contributed by atoms with Crippen LogP contribution in [-0.2, 0) is 11.3 Å². The molecular weight excluding hydrogens is 262 g/mol. The molecule has 0 unspecified atom stereocenters. The van der Waals surface area contributed by atoms with E-state index in [1.165, 1.54) is 31.4 Å². The number of nitrogens with one attached hydrogen (secondary N) is 1. The molecule has 1 aromatic heterocycles. The Morgan fingerprint density at radius 2 is 2.24 bits per heavy atom. The minimum Gasteiger partial charge on any atom is -0.356 e. The molecule has 2 bridgehead atoms. The number of aryl methyl sites for hydroxylation is 3. The van der Waals surface area contributed by atoms with Gasteiger partial charge >= 0.3 is 0 Å². The fourth-order valence-corrected chi connectivity index (χ4v) is 4.29. The van der Waals surface area contributed by atoms with Gasteiger partial charge in [0.05, 0.1) is 5.69 Å². The highest BCUT2D eigenvalue weighted by Gasteiger charge is 2.39. The van der Waals surface area contributed by atoms with E-state index in [1.807, 2.05) is 11.6 Å². The van der Waals surface area contributed by atoms with E-state index >= 15 is 0 Å². The number of fused-ring (bicyclic) bond motifs is 2. The number of carbonyl (C=O) groups is 1. The summed E-state index contributed by atoms with van der Waals surface area (Å²) in [6.45, 7) is 5.74. The Morgan fingerprint density at radius 3 is 2.86 bits per heavy atom. The fourth-order valence-electron chi connectivity index (χ4n) is 4.29. The molecule has 1 amide bonds. The maximum Gasteiger partial charge on any atom is 0.220 e. The molecule has 1 aromatic rings. The summed E-state index contributed by atoms with van der Waals surface area (Å²) in [5.41, 5.74) is 2.26. The number of hydrogen-bond donors (Lipinski definition) is 1. The Morgan fingerprint density at radius 1 is 1.38 bits per heavy atom.